The minimum Gasteiger partial charge on any atom is -0.480 e. The van der Waals surface area contributed by atoms with E-state index >= 15 is 0 Å². The first-order chi connectivity index (χ1) is 9.99. The molecule has 2 rings (SSSR count). The van der Waals surface area contributed by atoms with Gasteiger partial charge in [-0.05, 0) is 12.0 Å². The molecule has 0 aliphatic carbocycles. The number of hydrogen-bond acceptors (Lipinski definition) is 5. The summed E-state index contributed by atoms with van der Waals surface area (Å²) < 4.78 is 31.7. The topological polar surface area (TPSA) is 105 Å². The lowest BCUT2D eigenvalue weighted by atomic mass is 10.1. The van der Waals surface area contributed by atoms with Crippen molar-refractivity contribution in [3.05, 3.63) is 35.9 Å². The highest BCUT2D eigenvalue weighted by Crippen LogP contribution is 2.09. The highest BCUT2D eigenvalue weighted by atomic mass is 32.2. The van der Waals surface area contributed by atoms with Gasteiger partial charge in [-0.15, -0.1) is 0 Å². The second-order valence-electron chi connectivity index (χ2n) is 4.75. The Morgan fingerprint density at radius 1 is 1.43 bits per heavy atom. The second kappa shape index (κ2) is 6.99. The SMILES string of the molecule is O=C(O)[C@H](Cc1ccccc1)NS(=O)(=O)C1CNCCO1. The van der Waals surface area contributed by atoms with Crippen molar-refractivity contribution in [3.8, 4) is 0 Å². The number of rotatable bonds is 6. The van der Waals surface area contributed by atoms with Crippen LogP contribution >= 0.6 is 0 Å². The summed E-state index contributed by atoms with van der Waals surface area (Å²) in [6.07, 6.45) is 0.0789. The molecule has 1 heterocycles. The van der Waals surface area contributed by atoms with Crippen LogP contribution in [-0.2, 0) is 26.0 Å². The standard InChI is InChI=1S/C13H18N2O5S/c16-13(17)11(8-10-4-2-1-3-5-10)15-21(18,19)12-9-14-6-7-20-12/h1-5,11-12,14-15H,6-9H2,(H,16,17)/t11-,12?/m0/s1. The Bertz CT molecular complexity index is 569. The lowest BCUT2D eigenvalue weighted by molar-refractivity contribution is -0.138. The number of carboxylic acids is 1. The van der Waals surface area contributed by atoms with E-state index in [9.17, 15) is 18.3 Å². The van der Waals surface area contributed by atoms with Gasteiger partial charge in [-0.3, -0.25) is 4.79 Å². The minimum atomic E-state index is -3.86. The maximum absolute atomic E-state index is 12.2. The minimum absolute atomic E-state index is 0.0789. The predicted octanol–water partition coefficient (Wildman–Crippen LogP) is -0.452. The average Bonchev–Trinajstić information content (AvgIpc) is 2.48. The van der Waals surface area contributed by atoms with Crippen molar-refractivity contribution in [3.63, 3.8) is 0 Å². The van der Waals surface area contributed by atoms with Crippen LogP contribution in [0.2, 0.25) is 0 Å². The Hall–Kier alpha value is -1.48. The third kappa shape index (κ3) is 4.50. The first-order valence-corrected chi connectivity index (χ1v) is 8.14. The van der Waals surface area contributed by atoms with E-state index in [0.29, 0.717) is 6.54 Å². The molecule has 1 aromatic rings. The van der Waals surface area contributed by atoms with Crippen LogP contribution in [0.5, 0.6) is 0 Å². The van der Waals surface area contributed by atoms with Crippen LogP contribution in [0.1, 0.15) is 5.56 Å². The van der Waals surface area contributed by atoms with E-state index in [1.165, 1.54) is 0 Å². The van der Waals surface area contributed by atoms with E-state index in [1.807, 2.05) is 6.07 Å². The summed E-state index contributed by atoms with van der Waals surface area (Å²) in [6, 6.07) is 7.65. The number of nitrogens with one attached hydrogen (secondary N) is 2. The molecule has 1 aliphatic rings. The van der Waals surface area contributed by atoms with E-state index in [-0.39, 0.29) is 19.6 Å². The van der Waals surface area contributed by atoms with Gasteiger partial charge in [0.15, 0.2) is 5.44 Å². The predicted molar refractivity (Wildman–Crippen MR) is 76.2 cm³/mol. The molecule has 0 saturated carbocycles. The van der Waals surface area contributed by atoms with E-state index < -0.39 is 27.5 Å². The number of carbonyl (C=O) groups is 1. The van der Waals surface area contributed by atoms with E-state index in [4.69, 9.17) is 4.74 Å². The zero-order valence-corrected chi connectivity index (χ0v) is 12.2. The summed E-state index contributed by atoms with van der Waals surface area (Å²) in [6.45, 7) is 1.01. The Labute approximate surface area is 123 Å². The number of aliphatic carboxylic acids is 1. The van der Waals surface area contributed by atoms with Crippen molar-refractivity contribution in [2.45, 2.75) is 17.9 Å². The number of hydrogen-bond donors (Lipinski definition) is 3. The van der Waals surface area contributed by atoms with Crippen LogP contribution in [0.15, 0.2) is 30.3 Å². The van der Waals surface area contributed by atoms with Gasteiger partial charge in [0, 0.05) is 13.1 Å². The maximum Gasteiger partial charge on any atom is 0.322 e. The molecule has 1 aliphatic heterocycles. The molecule has 0 amide bonds. The number of carboxylic acid groups (broad SMARTS) is 1. The highest BCUT2D eigenvalue weighted by Gasteiger charge is 2.32. The summed E-state index contributed by atoms with van der Waals surface area (Å²) in [5.74, 6) is -1.22. The largest absolute Gasteiger partial charge is 0.480 e. The molecule has 1 unspecified atom stereocenters. The molecule has 8 heteroatoms. The third-order valence-electron chi connectivity index (χ3n) is 3.13. The van der Waals surface area contributed by atoms with Crippen LogP contribution in [-0.4, -0.2) is 50.7 Å². The van der Waals surface area contributed by atoms with Crippen LogP contribution in [0, 0.1) is 0 Å². The first kappa shape index (κ1) is 15.9. The number of sulfonamides is 1. The Morgan fingerprint density at radius 3 is 2.71 bits per heavy atom. The Kier molecular flexibility index (Phi) is 5.29. The fourth-order valence-electron chi connectivity index (χ4n) is 2.04. The molecule has 1 aromatic carbocycles. The van der Waals surface area contributed by atoms with Crippen molar-refractivity contribution >= 4 is 16.0 Å². The monoisotopic (exact) mass is 314 g/mol. The maximum atomic E-state index is 12.2. The van der Waals surface area contributed by atoms with Crippen molar-refractivity contribution in [1.82, 2.24) is 10.0 Å². The lowest BCUT2D eigenvalue weighted by Crippen LogP contribution is -2.52. The second-order valence-corrected chi connectivity index (χ2v) is 6.60. The Morgan fingerprint density at radius 2 is 2.14 bits per heavy atom. The fourth-order valence-corrected chi connectivity index (χ4v) is 3.39. The molecule has 0 bridgehead atoms. The molecule has 0 aromatic heterocycles. The molecule has 3 N–H and O–H groups in total. The van der Waals surface area contributed by atoms with Crippen LogP contribution < -0.4 is 10.0 Å². The van der Waals surface area contributed by atoms with Gasteiger partial charge >= 0.3 is 5.97 Å². The Balaban J connectivity index is 2.07. The summed E-state index contributed by atoms with van der Waals surface area (Å²) in [7, 11) is -3.86. The molecular formula is C13H18N2O5S. The molecule has 1 fully saturated rings. The number of morpholine rings is 1. The summed E-state index contributed by atoms with van der Waals surface area (Å²) in [5, 5.41) is 12.1. The molecule has 0 radical (unpaired) electrons. The molecule has 0 spiro atoms. The number of ether oxygens (including phenoxy) is 1. The smallest absolute Gasteiger partial charge is 0.322 e. The van der Waals surface area contributed by atoms with Gasteiger partial charge in [-0.2, -0.15) is 4.72 Å². The van der Waals surface area contributed by atoms with E-state index in [2.05, 4.69) is 10.0 Å². The summed E-state index contributed by atoms with van der Waals surface area (Å²) in [4.78, 5) is 11.3. The zero-order chi connectivity index (χ0) is 15.3. The van der Waals surface area contributed by atoms with Gasteiger partial charge in [-0.1, -0.05) is 30.3 Å². The van der Waals surface area contributed by atoms with Gasteiger partial charge < -0.3 is 15.2 Å². The molecule has 21 heavy (non-hydrogen) atoms. The van der Waals surface area contributed by atoms with Crippen molar-refractivity contribution in [2.75, 3.05) is 19.7 Å². The molecule has 1 saturated heterocycles. The fraction of sp³-hybridized carbons (Fsp3) is 0.462. The highest BCUT2D eigenvalue weighted by molar-refractivity contribution is 7.90. The molecule has 116 valence electrons. The summed E-state index contributed by atoms with van der Waals surface area (Å²) >= 11 is 0. The lowest BCUT2D eigenvalue weighted by Gasteiger charge is -2.25. The van der Waals surface area contributed by atoms with Gasteiger partial charge in [0.2, 0.25) is 10.0 Å². The van der Waals surface area contributed by atoms with E-state index in [0.717, 1.165) is 5.56 Å². The first-order valence-electron chi connectivity index (χ1n) is 6.59. The molecule has 2 atom stereocenters. The van der Waals surface area contributed by atoms with Crippen LogP contribution in [0.4, 0.5) is 0 Å². The van der Waals surface area contributed by atoms with E-state index in [1.54, 1.807) is 24.3 Å². The van der Waals surface area contributed by atoms with Crippen molar-refractivity contribution < 1.29 is 23.1 Å². The van der Waals surface area contributed by atoms with Gasteiger partial charge in [-0.25, -0.2) is 8.42 Å². The normalized spacial score (nSPS) is 20.9. The van der Waals surface area contributed by atoms with Crippen LogP contribution in [0.25, 0.3) is 0 Å². The average molecular weight is 314 g/mol. The van der Waals surface area contributed by atoms with Crippen molar-refractivity contribution in [1.29, 1.82) is 0 Å². The van der Waals surface area contributed by atoms with Gasteiger partial charge in [0.25, 0.3) is 0 Å². The van der Waals surface area contributed by atoms with Crippen molar-refractivity contribution in [2.24, 2.45) is 0 Å². The third-order valence-corrected chi connectivity index (χ3v) is 4.73. The quantitative estimate of drug-likeness (QED) is 0.657. The number of benzene rings is 1. The summed E-state index contributed by atoms with van der Waals surface area (Å²) in [5.41, 5.74) is -0.320. The van der Waals surface area contributed by atoms with Gasteiger partial charge in [0.1, 0.15) is 6.04 Å². The molecule has 7 nitrogen and oxygen atoms in total. The van der Waals surface area contributed by atoms with Crippen LogP contribution in [0.3, 0.4) is 0 Å². The zero-order valence-electron chi connectivity index (χ0n) is 11.4. The van der Waals surface area contributed by atoms with Gasteiger partial charge in [0.05, 0.1) is 6.61 Å². The molecular weight excluding hydrogens is 296 g/mol.